The number of ether oxygens (including phenoxy) is 1. The van der Waals surface area contributed by atoms with Crippen LogP contribution in [0.15, 0.2) is 48.7 Å². The van der Waals surface area contributed by atoms with Crippen LogP contribution >= 0.6 is 0 Å². The lowest BCUT2D eigenvalue weighted by Crippen LogP contribution is -2.28. The second-order valence-electron chi connectivity index (χ2n) is 4.93. The van der Waals surface area contributed by atoms with Crippen molar-refractivity contribution in [1.82, 2.24) is 9.88 Å². The molecule has 0 fully saturated rings. The molecule has 0 amide bonds. The summed E-state index contributed by atoms with van der Waals surface area (Å²) in [5.74, 6) is 0.691. The van der Waals surface area contributed by atoms with Crippen LogP contribution in [-0.4, -0.2) is 42.9 Å². The summed E-state index contributed by atoms with van der Waals surface area (Å²) >= 11 is 0. The first-order chi connectivity index (χ1) is 10.2. The third-order valence-electron chi connectivity index (χ3n) is 3.30. The molecule has 0 aliphatic rings. The first-order valence-corrected chi connectivity index (χ1v) is 6.95. The number of methoxy groups -OCH3 is 1. The van der Waals surface area contributed by atoms with E-state index in [2.05, 4.69) is 4.98 Å². The number of para-hydroxylation sites is 1. The number of aromatic nitrogens is 1. The minimum absolute atomic E-state index is 0.0657. The molecule has 1 aromatic carbocycles. The highest BCUT2D eigenvalue weighted by Crippen LogP contribution is 2.18. The first kappa shape index (κ1) is 15.2. The highest BCUT2D eigenvalue weighted by Gasteiger charge is 2.13. The zero-order valence-corrected chi connectivity index (χ0v) is 12.5. The van der Waals surface area contributed by atoms with Gasteiger partial charge in [0, 0.05) is 24.9 Å². The molecule has 1 aromatic heterocycles. The molecule has 21 heavy (non-hydrogen) atoms. The fourth-order valence-electron chi connectivity index (χ4n) is 2.14. The molecule has 0 atom stereocenters. The van der Waals surface area contributed by atoms with Gasteiger partial charge in [0.1, 0.15) is 5.75 Å². The lowest BCUT2D eigenvalue weighted by atomic mass is 10.1. The largest absolute Gasteiger partial charge is 0.496 e. The molecule has 0 spiro atoms. The van der Waals surface area contributed by atoms with Crippen molar-refractivity contribution < 1.29 is 9.53 Å². The number of ketones is 1. The van der Waals surface area contributed by atoms with Crippen molar-refractivity contribution in [3.05, 3.63) is 59.9 Å². The fourth-order valence-corrected chi connectivity index (χ4v) is 2.14. The van der Waals surface area contributed by atoms with Crippen LogP contribution in [0.3, 0.4) is 0 Å². The second kappa shape index (κ2) is 7.55. The number of carbonyl (C=O) groups is 1. The summed E-state index contributed by atoms with van der Waals surface area (Å²) in [7, 11) is 3.52. The van der Waals surface area contributed by atoms with E-state index in [0.29, 0.717) is 17.9 Å². The van der Waals surface area contributed by atoms with Gasteiger partial charge in [0.05, 0.1) is 19.2 Å². The lowest BCUT2D eigenvalue weighted by molar-refractivity contribution is 0.0943. The van der Waals surface area contributed by atoms with Crippen molar-refractivity contribution in [2.24, 2.45) is 0 Å². The third kappa shape index (κ3) is 4.39. The molecule has 0 N–H and O–H groups in total. The molecule has 0 radical (unpaired) electrons. The van der Waals surface area contributed by atoms with Gasteiger partial charge in [0.2, 0.25) is 0 Å². The maximum Gasteiger partial charge on any atom is 0.180 e. The molecule has 0 saturated heterocycles. The Bertz CT molecular complexity index is 584. The van der Waals surface area contributed by atoms with Crippen LogP contribution in [0.25, 0.3) is 0 Å². The highest BCUT2D eigenvalue weighted by molar-refractivity contribution is 6.00. The van der Waals surface area contributed by atoms with Gasteiger partial charge in [-0.1, -0.05) is 18.2 Å². The molecule has 1 heterocycles. The fraction of sp³-hybridized carbons (Fsp3) is 0.294. The summed E-state index contributed by atoms with van der Waals surface area (Å²) in [6.07, 6.45) is 2.62. The average molecular weight is 284 g/mol. The van der Waals surface area contributed by atoms with Gasteiger partial charge in [0.15, 0.2) is 5.78 Å². The summed E-state index contributed by atoms with van der Waals surface area (Å²) in [5.41, 5.74) is 1.67. The number of hydrogen-bond donors (Lipinski definition) is 0. The molecule has 0 bridgehead atoms. The summed E-state index contributed by atoms with van der Waals surface area (Å²) in [5, 5.41) is 0. The Balaban J connectivity index is 1.90. The highest BCUT2D eigenvalue weighted by atomic mass is 16.5. The van der Waals surface area contributed by atoms with E-state index in [-0.39, 0.29) is 5.78 Å². The molecule has 2 aromatic rings. The van der Waals surface area contributed by atoms with Crippen LogP contribution in [0.2, 0.25) is 0 Å². The van der Waals surface area contributed by atoms with E-state index in [9.17, 15) is 4.79 Å². The maximum absolute atomic E-state index is 12.3. The van der Waals surface area contributed by atoms with Crippen LogP contribution in [-0.2, 0) is 6.42 Å². The number of benzene rings is 1. The topological polar surface area (TPSA) is 42.4 Å². The average Bonchev–Trinajstić information content (AvgIpc) is 2.53. The Morgan fingerprint density at radius 1 is 1.19 bits per heavy atom. The van der Waals surface area contributed by atoms with E-state index in [0.717, 1.165) is 18.7 Å². The van der Waals surface area contributed by atoms with Gasteiger partial charge in [-0.3, -0.25) is 14.7 Å². The van der Waals surface area contributed by atoms with E-state index in [1.807, 2.05) is 42.3 Å². The van der Waals surface area contributed by atoms with Crippen LogP contribution < -0.4 is 4.74 Å². The van der Waals surface area contributed by atoms with Gasteiger partial charge in [-0.15, -0.1) is 0 Å². The normalized spacial score (nSPS) is 10.6. The number of pyridine rings is 1. The van der Waals surface area contributed by atoms with Crippen molar-refractivity contribution in [2.75, 3.05) is 27.2 Å². The molecule has 0 aliphatic carbocycles. The van der Waals surface area contributed by atoms with Gasteiger partial charge in [-0.05, 0) is 31.3 Å². The molecule has 0 unspecified atom stereocenters. The van der Waals surface area contributed by atoms with Gasteiger partial charge in [-0.25, -0.2) is 0 Å². The predicted molar refractivity (Wildman–Crippen MR) is 82.8 cm³/mol. The predicted octanol–water partition coefficient (Wildman–Crippen LogP) is 2.45. The molecule has 0 saturated carbocycles. The van der Waals surface area contributed by atoms with Crippen molar-refractivity contribution in [3.63, 3.8) is 0 Å². The molecule has 4 heteroatoms. The minimum Gasteiger partial charge on any atom is -0.496 e. The van der Waals surface area contributed by atoms with Gasteiger partial charge in [0.25, 0.3) is 0 Å². The van der Waals surface area contributed by atoms with E-state index in [4.69, 9.17) is 4.74 Å². The lowest BCUT2D eigenvalue weighted by Gasteiger charge is -2.16. The summed E-state index contributed by atoms with van der Waals surface area (Å²) in [4.78, 5) is 18.6. The molecular weight excluding hydrogens is 264 g/mol. The van der Waals surface area contributed by atoms with Crippen molar-refractivity contribution >= 4 is 5.78 Å². The molecule has 0 aliphatic heterocycles. The zero-order valence-electron chi connectivity index (χ0n) is 12.5. The number of nitrogens with zero attached hydrogens (tertiary/aromatic N) is 2. The molecule has 110 valence electrons. The quantitative estimate of drug-likeness (QED) is 0.732. The third-order valence-corrected chi connectivity index (χ3v) is 3.30. The zero-order chi connectivity index (χ0) is 15.1. The Kier molecular flexibility index (Phi) is 5.46. The van der Waals surface area contributed by atoms with Crippen LogP contribution in [0.4, 0.5) is 0 Å². The van der Waals surface area contributed by atoms with Crippen LogP contribution in [0.1, 0.15) is 16.1 Å². The van der Waals surface area contributed by atoms with Crippen molar-refractivity contribution in [1.29, 1.82) is 0 Å². The standard InChI is InChI=1S/C17H20N2O2/c1-19(12-10-14-7-5-6-11-18-14)13-16(20)15-8-3-4-9-17(15)21-2/h3-9,11H,10,12-13H2,1-2H3. The van der Waals surface area contributed by atoms with E-state index < -0.39 is 0 Å². The molecule has 2 rings (SSSR count). The second-order valence-corrected chi connectivity index (χ2v) is 4.93. The minimum atomic E-state index is 0.0657. The number of hydrogen-bond acceptors (Lipinski definition) is 4. The summed E-state index contributed by atoms with van der Waals surface area (Å²) in [6.45, 7) is 1.16. The van der Waals surface area contributed by atoms with E-state index >= 15 is 0 Å². The smallest absolute Gasteiger partial charge is 0.180 e. The Labute approximate surface area is 125 Å². The number of carbonyl (C=O) groups excluding carboxylic acids is 1. The Morgan fingerprint density at radius 3 is 2.67 bits per heavy atom. The molecular formula is C17H20N2O2. The summed E-state index contributed by atoms with van der Waals surface area (Å²) in [6, 6.07) is 13.2. The number of rotatable bonds is 7. The van der Waals surface area contributed by atoms with Gasteiger partial charge in [-0.2, -0.15) is 0 Å². The SMILES string of the molecule is COc1ccccc1C(=O)CN(C)CCc1ccccn1. The molecule has 4 nitrogen and oxygen atoms in total. The monoisotopic (exact) mass is 284 g/mol. The van der Waals surface area contributed by atoms with Crippen LogP contribution in [0, 0.1) is 0 Å². The van der Waals surface area contributed by atoms with E-state index in [1.165, 1.54) is 0 Å². The Hall–Kier alpha value is -2.20. The number of likely N-dealkylation sites (N-methyl/N-ethyl adjacent to an activating group) is 1. The van der Waals surface area contributed by atoms with Crippen molar-refractivity contribution in [2.45, 2.75) is 6.42 Å². The van der Waals surface area contributed by atoms with E-state index in [1.54, 1.807) is 25.4 Å². The van der Waals surface area contributed by atoms with Crippen molar-refractivity contribution in [3.8, 4) is 5.75 Å². The number of Topliss-reactive ketones (excluding diaryl/α,β-unsaturated/α-hetero) is 1. The van der Waals surface area contributed by atoms with Crippen LogP contribution in [0.5, 0.6) is 5.75 Å². The maximum atomic E-state index is 12.3. The van der Waals surface area contributed by atoms with Gasteiger partial charge >= 0.3 is 0 Å². The Morgan fingerprint density at radius 2 is 1.95 bits per heavy atom. The first-order valence-electron chi connectivity index (χ1n) is 6.95. The summed E-state index contributed by atoms with van der Waals surface area (Å²) < 4.78 is 5.23. The van der Waals surface area contributed by atoms with Gasteiger partial charge < -0.3 is 4.74 Å².